The minimum absolute atomic E-state index is 0.0296. The topological polar surface area (TPSA) is 126 Å². The van der Waals surface area contributed by atoms with Crippen LogP contribution >= 0.6 is 0 Å². The standard InChI is InChI=1S/C37H36N4O6S/c1-24(39-40-35(42)23-41(28-8-5-4-6-9-28)48(44,45)30-19-17-29(46-2)18-20-30)27-16-21-34-33(22-27)31-10-7-11-32(31)36(38-34)25-12-14-26(15-13-25)37(43)47-3/h4-10,12-22,31-32,36,38H,11,23H2,1-3H3,(H,40,42). The van der Waals surface area contributed by atoms with E-state index < -0.39 is 22.5 Å². The summed E-state index contributed by atoms with van der Waals surface area (Å²) in [5.74, 6) is 0.0278. The molecule has 3 unspecified atom stereocenters. The Balaban J connectivity index is 1.19. The number of rotatable bonds is 10. The highest BCUT2D eigenvalue weighted by molar-refractivity contribution is 7.92. The first kappa shape index (κ1) is 32.5. The van der Waals surface area contributed by atoms with Gasteiger partial charge in [0.1, 0.15) is 12.3 Å². The number of fused-ring (bicyclic) bond motifs is 3. The van der Waals surface area contributed by atoms with Crippen molar-refractivity contribution < 1.29 is 27.5 Å². The molecule has 0 saturated heterocycles. The van der Waals surface area contributed by atoms with Gasteiger partial charge in [0.05, 0.1) is 42.1 Å². The molecule has 0 bridgehead atoms. The van der Waals surface area contributed by atoms with Gasteiger partial charge in [-0.3, -0.25) is 9.10 Å². The van der Waals surface area contributed by atoms with Crippen molar-refractivity contribution in [3.8, 4) is 5.75 Å². The number of nitrogens with zero attached hydrogens (tertiary/aromatic N) is 2. The van der Waals surface area contributed by atoms with E-state index in [-0.39, 0.29) is 28.7 Å². The second-order valence-corrected chi connectivity index (χ2v) is 13.5. The van der Waals surface area contributed by atoms with Crippen molar-refractivity contribution in [3.05, 3.63) is 131 Å². The number of carbonyl (C=O) groups is 2. The second kappa shape index (κ2) is 13.7. The first-order valence-corrected chi connectivity index (χ1v) is 16.9. The minimum Gasteiger partial charge on any atom is -0.497 e. The zero-order valence-corrected chi connectivity index (χ0v) is 27.6. The maximum absolute atomic E-state index is 13.7. The summed E-state index contributed by atoms with van der Waals surface area (Å²) < 4.78 is 38.4. The number of methoxy groups -OCH3 is 2. The fourth-order valence-electron chi connectivity index (χ4n) is 6.25. The Bertz CT molecular complexity index is 1980. The van der Waals surface area contributed by atoms with Crippen LogP contribution in [-0.4, -0.2) is 46.8 Å². The summed E-state index contributed by atoms with van der Waals surface area (Å²) in [5.41, 5.74) is 8.06. The number of sulfonamides is 1. The molecule has 1 amide bonds. The van der Waals surface area contributed by atoms with Gasteiger partial charge in [0.2, 0.25) is 0 Å². The molecule has 0 spiro atoms. The Morgan fingerprint density at radius 3 is 2.33 bits per heavy atom. The predicted molar refractivity (Wildman–Crippen MR) is 185 cm³/mol. The zero-order valence-electron chi connectivity index (χ0n) is 26.8. The van der Waals surface area contributed by atoms with Crippen LogP contribution in [0.5, 0.6) is 5.75 Å². The lowest BCUT2D eigenvalue weighted by Crippen LogP contribution is -2.39. The van der Waals surface area contributed by atoms with E-state index in [0.717, 1.165) is 33.1 Å². The highest BCUT2D eigenvalue weighted by Crippen LogP contribution is 2.50. The molecule has 0 saturated carbocycles. The highest BCUT2D eigenvalue weighted by Gasteiger charge is 2.38. The van der Waals surface area contributed by atoms with Crippen molar-refractivity contribution in [3.63, 3.8) is 0 Å². The maximum Gasteiger partial charge on any atom is 0.337 e. The number of nitrogens with one attached hydrogen (secondary N) is 2. The molecule has 48 heavy (non-hydrogen) atoms. The molecule has 246 valence electrons. The first-order valence-electron chi connectivity index (χ1n) is 15.5. The van der Waals surface area contributed by atoms with Crippen LogP contribution in [0.1, 0.15) is 52.4 Å². The third-order valence-corrected chi connectivity index (χ3v) is 10.6. The van der Waals surface area contributed by atoms with E-state index in [0.29, 0.717) is 22.7 Å². The summed E-state index contributed by atoms with van der Waals surface area (Å²) in [5, 5.41) is 8.05. The van der Waals surface area contributed by atoms with E-state index in [9.17, 15) is 18.0 Å². The van der Waals surface area contributed by atoms with Crippen LogP contribution in [0.25, 0.3) is 0 Å². The van der Waals surface area contributed by atoms with Gasteiger partial charge in [0.25, 0.3) is 15.9 Å². The monoisotopic (exact) mass is 664 g/mol. The van der Waals surface area contributed by atoms with Crippen LogP contribution in [0.15, 0.2) is 119 Å². The molecule has 1 aliphatic carbocycles. The summed E-state index contributed by atoms with van der Waals surface area (Å²) in [4.78, 5) is 25.1. The second-order valence-electron chi connectivity index (χ2n) is 11.6. The van der Waals surface area contributed by atoms with Gasteiger partial charge < -0.3 is 14.8 Å². The summed E-state index contributed by atoms with van der Waals surface area (Å²) in [6.07, 6.45) is 5.35. The fraction of sp³-hybridized carbons (Fsp3) is 0.216. The van der Waals surface area contributed by atoms with E-state index in [1.165, 1.54) is 26.4 Å². The van der Waals surface area contributed by atoms with Gasteiger partial charge in [-0.2, -0.15) is 5.10 Å². The lowest BCUT2D eigenvalue weighted by atomic mass is 9.76. The molecule has 1 heterocycles. The molecule has 2 N–H and O–H groups in total. The van der Waals surface area contributed by atoms with Crippen LogP contribution in [-0.2, 0) is 19.6 Å². The summed E-state index contributed by atoms with van der Waals surface area (Å²) in [6, 6.07) is 28.1. The van der Waals surface area contributed by atoms with E-state index in [1.54, 1.807) is 61.5 Å². The van der Waals surface area contributed by atoms with Gasteiger partial charge in [-0.15, -0.1) is 0 Å². The van der Waals surface area contributed by atoms with Gasteiger partial charge >= 0.3 is 5.97 Å². The molecule has 3 atom stereocenters. The first-order chi connectivity index (χ1) is 23.2. The summed E-state index contributed by atoms with van der Waals surface area (Å²) >= 11 is 0. The van der Waals surface area contributed by atoms with Crippen LogP contribution in [0.4, 0.5) is 11.4 Å². The van der Waals surface area contributed by atoms with Crippen LogP contribution < -0.4 is 19.8 Å². The number of benzene rings is 4. The number of hydrogen-bond acceptors (Lipinski definition) is 8. The Morgan fingerprint density at radius 2 is 1.65 bits per heavy atom. The molecule has 11 heteroatoms. The smallest absolute Gasteiger partial charge is 0.337 e. The number of hydrazone groups is 1. The van der Waals surface area contributed by atoms with Gasteiger partial charge in [-0.1, -0.05) is 48.6 Å². The van der Waals surface area contributed by atoms with Gasteiger partial charge in [-0.05, 0) is 96.6 Å². The number of allylic oxidation sites excluding steroid dienone is 2. The molecule has 1 aliphatic heterocycles. The number of amides is 1. The van der Waals surface area contributed by atoms with Crippen LogP contribution in [0.2, 0.25) is 0 Å². The lowest BCUT2D eigenvalue weighted by molar-refractivity contribution is -0.119. The number of anilines is 2. The Hall–Kier alpha value is -5.42. The summed E-state index contributed by atoms with van der Waals surface area (Å²) in [7, 11) is -1.21. The van der Waals surface area contributed by atoms with Gasteiger partial charge in [0.15, 0.2) is 0 Å². The summed E-state index contributed by atoms with van der Waals surface area (Å²) in [6.45, 7) is 1.33. The highest BCUT2D eigenvalue weighted by atomic mass is 32.2. The average molecular weight is 665 g/mol. The van der Waals surface area contributed by atoms with Crippen molar-refractivity contribution in [2.45, 2.75) is 30.2 Å². The van der Waals surface area contributed by atoms with E-state index in [4.69, 9.17) is 9.47 Å². The molecular formula is C37H36N4O6S. The average Bonchev–Trinajstić information content (AvgIpc) is 3.63. The fourth-order valence-corrected chi connectivity index (χ4v) is 7.68. The molecule has 0 fully saturated rings. The van der Waals surface area contributed by atoms with E-state index in [2.05, 4.69) is 34.1 Å². The van der Waals surface area contributed by atoms with Crippen LogP contribution in [0.3, 0.4) is 0 Å². The number of para-hydroxylation sites is 1. The molecule has 10 nitrogen and oxygen atoms in total. The van der Waals surface area contributed by atoms with Gasteiger partial charge in [-0.25, -0.2) is 18.6 Å². The molecular weight excluding hydrogens is 628 g/mol. The van der Waals surface area contributed by atoms with Crippen molar-refractivity contribution in [2.24, 2.45) is 11.0 Å². The molecule has 0 aromatic heterocycles. The molecule has 2 aliphatic rings. The number of esters is 1. The maximum atomic E-state index is 13.7. The van der Waals surface area contributed by atoms with E-state index >= 15 is 0 Å². The molecule has 0 radical (unpaired) electrons. The molecule has 4 aromatic rings. The minimum atomic E-state index is -4.08. The van der Waals surface area contributed by atoms with Crippen molar-refractivity contribution in [1.29, 1.82) is 0 Å². The SMILES string of the molecule is COC(=O)c1ccc(C2Nc3ccc(C(C)=NNC(=O)CN(c4ccccc4)S(=O)(=O)c4ccc(OC)cc4)cc3C3C=CCC32)cc1. The number of carbonyl (C=O) groups excluding carboxylic acids is 2. The lowest BCUT2D eigenvalue weighted by Gasteiger charge is -2.37. The van der Waals surface area contributed by atoms with Crippen molar-refractivity contribution in [1.82, 2.24) is 5.43 Å². The van der Waals surface area contributed by atoms with Gasteiger partial charge in [0, 0.05) is 11.6 Å². The molecule has 6 rings (SSSR count). The van der Waals surface area contributed by atoms with Crippen molar-refractivity contribution in [2.75, 3.05) is 30.4 Å². The normalized spacial score (nSPS) is 18.2. The Labute approximate surface area is 280 Å². The Kier molecular flexibility index (Phi) is 9.31. The molecule has 4 aromatic carbocycles. The van der Waals surface area contributed by atoms with Crippen LogP contribution in [0, 0.1) is 5.92 Å². The quantitative estimate of drug-likeness (QED) is 0.0916. The number of hydrogen-bond donors (Lipinski definition) is 2. The largest absolute Gasteiger partial charge is 0.497 e. The predicted octanol–water partition coefficient (Wildman–Crippen LogP) is 6.04. The zero-order chi connectivity index (χ0) is 33.8. The van der Waals surface area contributed by atoms with E-state index in [1.807, 2.05) is 24.3 Å². The van der Waals surface area contributed by atoms with Crippen molar-refractivity contribution >= 4 is 39.0 Å². The number of ether oxygens (including phenoxy) is 2. The third kappa shape index (κ3) is 6.54. The Morgan fingerprint density at radius 1 is 0.938 bits per heavy atom. The third-order valence-electron chi connectivity index (χ3n) is 8.80.